The summed E-state index contributed by atoms with van der Waals surface area (Å²) < 4.78 is 2.15. The number of carbonyl (C=O) groups excluding carboxylic acids is 2. The van der Waals surface area contributed by atoms with E-state index in [0.717, 1.165) is 52.8 Å². The lowest BCUT2D eigenvalue weighted by Gasteiger charge is -2.25. The number of hydrogen-bond donors (Lipinski definition) is 0. The van der Waals surface area contributed by atoms with Crippen molar-refractivity contribution in [1.29, 1.82) is 0 Å². The number of nitrogens with zero attached hydrogens (tertiary/aromatic N) is 2. The first-order chi connectivity index (χ1) is 14.3. The van der Waals surface area contributed by atoms with Gasteiger partial charge in [-0.15, -0.1) is 0 Å². The van der Waals surface area contributed by atoms with Crippen molar-refractivity contribution in [3.05, 3.63) is 56.7 Å². The third kappa shape index (κ3) is 4.10. The van der Waals surface area contributed by atoms with Crippen LogP contribution >= 0.6 is 23.4 Å². The molecule has 2 fully saturated rings. The van der Waals surface area contributed by atoms with E-state index in [-0.39, 0.29) is 11.1 Å². The molecule has 2 amide bonds. The topological polar surface area (TPSA) is 42.3 Å². The predicted octanol–water partition coefficient (Wildman–Crippen LogP) is 6.67. The van der Waals surface area contributed by atoms with Crippen molar-refractivity contribution in [3.8, 4) is 5.69 Å². The van der Waals surface area contributed by atoms with Crippen molar-refractivity contribution in [2.75, 3.05) is 6.54 Å². The van der Waals surface area contributed by atoms with Crippen LogP contribution in [0.1, 0.15) is 54.6 Å². The molecule has 4 nitrogen and oxygen atoms in total. The number of carbonyl (C=O) groups is 2. The van der Waals surface area contributed by atoms with Crippen molar-refractivity contribution in [1.82, 2.24) is 9.47 Å². The summed E-state index contributed by atoms with van der Waals surface area (Å²) >= 11 is 7.29. The van der Waals surface area contributed by atoms with Crippen LogP contribution in [0.2, 0.25) is 5.02 Å². The van der Waals surface area contributed by atoms with Crippen molar-refractivity contribution in [2.45, 2.75) is 52.9 Å². The Hall–Kier alpha value is -1.98. The third-order valence-electron chi connectivity index (χ3n) is 6.21. The zero-order valence-corrected chi connectivity index (χ0v) is 19.3. The van der Waals surface area contributed by atoms with Crippen molar-refractivity contribution in [2.24, 2.45) is 5.92 Å². The molecule has 2 heterocycles. The number of amides is 2. The van der Waals surface area contributed by atoms with Gasteiger partial charge in [-0.05, 0) is 86.7 Å². The van der Waals surface area contributed by atoms with Gasteiger partial charge in [0.15, 0.2) is 0 Å². The number of benzene rings is 1. The Bertz CT molecular complexity index is 1030. The van der Waals surface area contributed by atoms with E-state index in [2.05, 4.69) is 17.6 Å². The smallest absolute Gasteiger partial charge is 0.293 e. The SMILES string of the molecule is Cc1ccc(Cl)cc1-n1c(C)cc(/C=C2/SC(=O)N(CC3CCCCC3)C2=O)c1C. The van der Waals surface area contributed by atoms with Gasteiger partial charge in [-0.2, -0.15) is 0 Å². The van der Waals surface area contributed by atoms with Crippen LogP contribution in [0.15, 0.2) is 29.2 Å². The highest BCUT2D eigenvalue weighted by Crippen LogP contribution is 2.36. The zero-order chi connectivity index (χ0) is 21.4. The Balaban J connectivity index is 1.61. The maximum atomic E-state index is 13.0. The molecule has 30 heavy (non-hydrogen) atoms. The molecule has 4 rings (SSSR count). The summed E-state index contributed by atoms with van der Waals surface area (Å²) in [6, 6.07) is 7.91. The van der Waals surface area contributed by atoms with Crippen LogP contribution < -0.4 is 0 Å². The van der Waals surface area contributed by atoms with E-state index >= 15 is 0 Å². The Kier molecular flexibility index (Phi) is 6.12. The summed E-state index contributed by atoms with van der Waals surface area (Å²) in [5.74, 6) is 0.293. The van der Waals surface area contributed by atoms with Gasteiger partial charge in [0.1, 0.15) is 0 Å². The van der Waals surface area contributed by atoms with Crippen LogP contribution in [0.25, 0.3) is 11.8 Å². The standard InChI is InChI=1S/C24H27ClN2O2S/c1-15-9-10-20(25)13-21(15)27-16(2)11-19(17(27)3)12-22-23(28)26(24(29)30-22)14-18-7-5-4-6-8-18/h9-13,18H,4-8,14H2,1-3H3/b22-12+. The van der Waals surface area contributed by atoms with Gasteiger partial charge in [0.25, 0.3) is 11.1 Å². The number of halogens is 1. The molecule has 1 aliphatic heterocycles. The second kappa shape index (κ2) is 8.64. The lowest BCUT2D eigenvalue weighted by Crippen LogP contribution is -2.34. The van der Waals surface area contributed by atoms with Gasteiger partial charge in [-0.3, -0.25) is 14.5 Å². The lowest BCUT2D eigenvalue weighted by molar-refractivity contribution is -0.123. The van der Waals surface area contributed by atoms with E-state index in [4.69, 9.17) is 11.6 Å². The molecule has 0 unspecified atom stereocenters. The third-order valence-corrected chi connectivity index (χ3v) is 7.35. The van der Waals surface area contributed by atoms with Crippen LogP contribution in [0, 0.1) is 26.7 Å². The Labute approximate surface area is 187 Å². The fraction of sp³-hybridized carbons (Fsp3) is 0.417. The molecule has 0 N–H and O–H groups in total. The van der Waals surface area contributed by atoms with Crippen LogP contribution in [0.4, 0.5) is 4.79 Å². The molecule has 6 heteroatoms. The first-order valence-electron chi connectivity index (χ1n) is 10.6. The minimum absolute atomic E-state index is 0.142. The number of thioether (sulfide) groups is 1. The quantitative estimate of drug-likeness (QED) is 0.496. The molecule has 1 saturated carbocycles. The van der Waals surface area contributed by atoms with E-state index in [0.29, 0.717) is 22.4 Å². The van der Waals surface area contributed by atoms with Crippen LogP contribution in [0.3, 0.4) is 0 Å². The molecular formula is C24H27ClN2O2S. The molecule has 0 atom stereocenters. The van der Waals surface area contributed by atoms with Crippen molar-refractivity contribution in [3.63, 3.8) is 0 Å². The minimum atomic E-state index is -0.153. The molecular weight excluding hydrogens is 416 g/mol. The fourth-order valence-corrected chi connectivity index (χ4v) is 5.56. The van der Waals surface area contributed by atoms with Gasteiger partial charge in [-0.25, -0.2) is 0 Å². The fourth-order valence-electron chi connectivity index (χ4n) is 4.55. The Morgan fingerprint density at radius 3 is 2.57 bits per heavy atom. The van der Waals surface area contributed by atoms with E-state index < -0.39 is 0 Å². The van der Waals surface area contributed by atoms with Crippen molar-refractivity contribution < 1.29 is 9.59 Å². The van der Waals surface area contributed by atoms with Crippen LogP contribution in [-0.4, -0.2) is 27.2 Å². The normalized spacial score (nSPS) is 19.3. The van der Waals surface area contributed by atoms with Gasteiger partial charge >= 0.3 is 0 Å². The maximum absolute atomic E-state index is 13.0. The van der Waals surface area contributed by atoms with Gasteiger partial charge < -0.3 is 4.57 Å². The van der Waals surface area contributed by atoms with Crippen molar-refractivity contribution >= 4 is 40.6 Å². The summed E-state index contributed by atoms with van der Waals surface area (Å²) in [7, 11) is 0. The molecule has 2 aliphatic rings. The molecule has 1 saturated heterocycles. The highest BCUT2D eigenvalue weighted by atomic mass is 35.5. The summed E-state index contributed by atoms with van der Waals surface area (Å²) in [4.78, 5) is 27.4. The molecule has 0 radical (unpaired) electrons. The monoisotopic (exact) mass is 442 g/mol. The van der Waals surface area contributed by atoms with Gasteiger partial charge in [0.05, 0.1) is 4.91 Å². The summed E-state index contributed by atoms with van der Waals surface area (Å²) in [6.45, 7) is 6.69. The number of aromatic nitrogens is 1. The predicted molar refractivity (Wildman–Crippen MR) is 124 cm³/mol. The van der Waals surface area contributed by atoms with E-state index in [1.165, 1.54) is 24.2 Å². The minimum Gasteiger partial charge on any atom is -0.318 e. The molecule has 0 bridgehead atoms. The number of imide groups is 1. The van der Waals surface area contributed by atoms with Gasteiger partial charge in [-0.1, -0.05) is 36.9 Å². The Morgan fingerprint density at radius 2 is 1.83 bits per heavy atom. The van der Waals surface area contributed by atoms with E-state index in [1.807, 2.05) is 38.1 Å². The number of aryl methyl sites for hydroxylation is 2. The van der Waals surface area contributed by atoms with Crippen LogP contribution in [-0.2, 0) is 4.79 Å². The number of hydrogen-bond acceptors (Lipinski definition) is 3. The molecule has 1 aromatic heterocycles. The first kappa shape index (κ1) is 21.3. The molecule has 0 spiro atoms. The molecule has 158 valence electrons. The molecule has 2 aromatic rings. The maximum Gasteiger partial charge on any atom is 0.293 e. The Morgan fingerprint density at radius 1 is 1.10 bits per heavy atom. The first-order valence-corrected chi connectivity index (χ1v) is 11.8. The number of rotatable bonds is 4. The second-order valence-corrected chi connectivity index (χ2v) is 9.82. The second-order valence-electron chi connectivity index (χ2n) is 8.39. The summed E-state index contributed by atoms with van der Waals surface area (Å²) in [6.07, 6.45) is 7.75. The summed E-state index contributed by atoms with van der Waals surface area (Å²) in [5, 5.41) is 0.546. The van der Waals surface area contributed by atoms with Crippen LogP contribution in [0.5, 0.6) is 0 Å². The summed E-state index contributed by atoms with van der Waals surface area (Å²) in [5.41, 5.74) is 5.20. The lowest BCUT2D eigenvalue weighted by atomic mass is 9.89. The molecule has 1 aliphatic carbocycles. The zero-order valence-electron chi connectivity index (χ0n) is 17.7. The van der Waals surface area contributed by atoms with E-state index in [9.17, 15) is 9.59 Å². The average molecular weight is 443 g/mol. The highest BCUT2D eigenvalue weighted by Gasteiger charge is 2.36. The largest absolute Gasteiger partial charge is 0.318 e. The van der Waals surface area contributed by atoms with Gasteiger partial charge in [0, 0.05) is 28.6 Å². The molecule has 1 aromatic carbocycles. The van der Waals surface area contributed by atoms with E-state index in [1.54, 1.807) is 0 Å². The highest BCUT2D eigenvalue weighted by molar-refractivity contribution is 8.18. The van der Waals surface area contributed by atoms with Gasteiger partial charge in [0.2, 0.25) is 0 Å². The average Bonchev–Trinajstić information content (AvgIpc) is 3.14.